The molecule has 5 nitrogen and oxygen atoms in total. The monoisotopic (exact) mass is 516 g/mol. The average molecular weight is 517 g/mol. The van der Waals surface area contributed by atoms with Gasteiger partial charge in [-0.15, -0.1) is 5.92 Å². The quantitative estimate of drug-likeness (QED) is 0.166. The smallest absolute Gasteiger partial charge is 0.120 e. The van der Waals surface area contributed by atoms with E-state index in [-0.39, 0.29) is 11.3 Å². The maximum absolute atomic E-state index is 10.6. The topological polar surface area (TPSA) is 92.9 Å². The third-order valence-electron chi connectivity index (χ3n) is 4.62. The minimum Gasteiger partial charge on any atom is -0.364 e. The van der Waals surface area contributed by atoms with E-state index >= 15 is 0 Å². The van der Waals surface area contributed by atoms with Crippen molar-refractivity contribution in [2.24, 2.45) is 4.99 Å². The molecule has 0 radical (unpaired) electrons. The van der Waals surface area contributed by atoms with Crippen LogP contribution in [0, 0.1) is 28.6 Å². The molecule has 0 amide bonds. The summed E-state index contributed by atoms with van der Waals surface area (Å²) in [5.74, 6) is 5.89. The van der Waals surface area contributed by atoms with Gasteiger partial charge in [0, 0.05) is 41.6 Å². The van der Waals surface area contributed by atoms with Crippen LogP contribution in [0.4, 0.5) is 0 Å². The van der Waals surface area contributed by atoms with Gasteiger partial charge in [0.1, 0.15) is 6.29 Å². The Labute approximate surface area is 232 Å². The van der Waals surface area contributed by atoms with Gasteiger partial charge in [-0.2, -0.15) is 5.26 Å². The van der Waals surface area contributed by atoms with Gasteiger partial charge in [-0.3, -0.25) is 4.99 Å². The number of rotatable bonds is 7. The fraction of sp³-hybridized carbons (Fsp3) is 0.394. The zero-order valence-electron chi connectivity index (χ0n) is 25.1. The molecule has 0 bridgehead atoms. The number of carbonyl (C=O) groups is 1. The van der Waals surface area contributed by atoms with Gasteiger partial charge in [0.25, 0.3) is 0 Å². The van der Waals surface area contributed by atoms with Gasteiger partial charge in [-0.1, -0.05) is 77.4 Å². The van der Waals surface area contributed by atoms with E-state index in [0.717, 1.165) is 34.4 Å². The Morgan fingerprint density at radius 2 is 1.74 bits per heavy atom. The highest BCUT2D eigenvalue weighted by molar-refractivity contribution is 5.75. The Hall–Kier alpha value is -3.96. The molecule has 2 aromatic rings. The molecule has 0 aliphatic heterocycles. The van der Waals surface area contributed by atoms with Crippen LogP contribution in [0.15, 0.2) is 65.8 Å². The summed E-state index contributed by atoms with van der Waals surface area (Å²) in [6.45, 7) is 23.0. The van der Waals surface area contributed by atoms with Gasteiger partial charge in [-0.25, -0.2) is 0 Å². The molecule has 0 saturated heterocycles. The lowest BCUT2D eigenvalue weighted by Crippen LogP contribution is -2.13. The highest BCUT2D eigenvalue weighted by Crippen LogP contribution is 2.24. The summed E-state index contributed by atoms with van der Waals surface area (Å²) < 4.78 is 0. The number of benzene rings is 1. The lowest BCUT2D eigenvalue weighted by Gasteiger charge is -2.14. The minimum absolute atomic E-state index is 0.173. The maximum Gasteiger partial charge on any atom is 0.120 e. The van der Waals surface area contributed by atoms with E-state index in [1.807, 2.05) is 104 Å². The second kappa shape index (κ2) is 24.7. The van der Waals surface area contributed by atoms with E-state index in [2.05, 4.69) is 34.5 Å². The predicted octanol–water partition coefficient (Wildman–Crippen LogP) is 8.91. The third-order valence-corrected chi connectivity index (χ3v) is 4.62. The van der Waals surface area contributed by atoms with Crippen LogP contribution in [0.25, 0.3) is 5.70 Å². The number of nitrogens with zero attached hydrogens (tertiary/aromatic N) is 2. The number of hydrogen-bond acceptors (Lipinski definition) is 4. The number of allylic oxidation sites excluding steroid dienone is 2. The SMILES string of the molecule is C=C(C#CC)/C=C(\N=CC)c1c[nH]c(C(C)CC=O)c1.CC.CC.CC(C)(C#N)c1ccccc1.CC=N. The van der Waals surface area contributed by atoms with Crippen molar-refractivity contribution in [3.8, 4) is 17.9 Å². The summed E-state index contributed by atoms with van der Waals surface area (Å²) in [5.41, 5.74) is 4.23. The van der Waals surface area contributed by atoms with Crippen molar-refractivity contribution < 1.29 is 4.79 Å². The van der Waals surface area contributed by atoms with Crippen molar-refractivity contribution in [1.29, 1.82) is 10.7 Å². The Bertz CT molecular complexity index is 1070. The maximum atomic E-state index is 10.6. The number of nitrogens with one attached hydrogen (secondary N) is 2. The van der Waals surface area contributed by atoms with Crippen molar-refractivity contribution in [2.75, 3.05) is 0 Å². The van der Waals surface area contributed by atoms with Gasteiger partial charge in [-0.05, 0) is 58.5 Å². The summed E-state index contributed by atoms with van der Waals surface area (Å²) in [6.07, 6.45) is 8.17. The molecule has 0 saturated carbocycles. The molecule has 1 aromatic carbocycles. The van der Waals surface area contributed by atoms with E-state index in [4.69, 9.17) is 10.7 Å². The Kier molecular flexibility index (Phi) is 25.1. The van der Waals surface area contributed by atoms with Crippen LogP contribution in [0.5, 0.6) is 0 Å². The van der Waals surface area contributed by atoms with Crippen LogP contribution in [0.2, 0.25) is 0 Å². The van der Waals surface area contributed by atoms with Crippen LogP contribution < -0.4 is 0 Å². The zero-order chi connectivity index (χ0) is 30.0. The summed E-state index contributed by atoms with van der Waals surface area (Å²) >= 11 is 0. The number of aldehydes is 1. The molecule has 0 aliphatic carbocycles. The second-order valence-electron chi connectivity index (χ2n) is 7.86. The van der Waals surface area contributed by atoms with Gasteiger partial charge in [0.05, 0.1) is 17.2 Å². The Morgan fingerprint density at radius 3 is 2.18 bits per heavy atom. The lowest BCUT2D eigenvalue weighted by atomic mass is 9.87. The summed E-state index contributed by atoms with van der Waals surface area (Å²) in [5, 5.41) is 14.9. The molecule has 1 heterocycles. The van der Waals surface area contributed by atoms with Crippen LogP contribution in [0.1, 0.15) is 98.4 Å². The fourth-order valence-corrected chi connectivity index (χ4v) is 2.73. The summed E-state index contributed by atoms with van der Waals surface area (Å²) in [4.78, 5) is 18.1. The highest BCUT2D eigenvalue weighted by atomic mass is 16.1. The number of hydrogen-bond donors (Lipinski definition) is 2. The third kappa shape index (κ3) is 16.7. The normalized spacial score (nSPS) is 10.5. The standard InChI is InChI=1S/C17H20N2O.C10H11N.C2H5N.2C2H6/c1-5-7-13(3)10-17(18-6-2)15-11-16(19-12-15)14(4)8-9-20;1-10(2,8-11)9-6-4-3-5-7-9;1-2-3;2*1-2/h6,9-12,14,19H,3,8H2,1-2,4H3;3-7H,1-2H3;2-3H,1H3;2*1-2H3/b17-10-,18-6?;;;;. The molecule has 0 spiro atoms. The van der Waals surface area contributed by atoms with E-state index in [1.165, 1.54) is 6.21 Å². The van der Waals surface area contributed by atoms with Crippen LogP contribution in [0.3, 0.4) is 0 Å². The molecule has 1 unspecified atom stereocenters. The molecule has 5 heteroatoms. The van der Waals surface area contributed by atoms with Gasteiger partial charge in [0.2, 0.25) is 0 Å². The molecular formula is C33H48N4O. The molecule has 1 atom stereocenters. The van der Waals surface area contributed by atoms with Crippen LogP contribution in [-0.2, 0) is 10.2 Å². The predicted molar refractivity (Wildman–Crippen MR) is 167 cm³/mol. The first-order valence-electron chi connectivity index (χ1n) is 13.1. The number of aromatic nitrogens is 1. The lowest BCUT2D eigenvalue weighted by molar-refractivity contribution is -0.108. The number of carbonyl (C=O) groups excluding carboxylic acids is 1. The molecule has 38 heavy (non-hydrogen) atoms. The van der Waals surface area contributed by atoms with E-state index < -0.39 is 0 Å². The van der Waals surface area contributed by atoms with Gasteiger partial charge in [0.15, 0.2) is 0 Å². The molecule has 206 valence electrons. The molecular weight excluding hydrogens is 468 g/mol. The molecule has 1 aromatic heterocycles. The average Bonchev–Trinajstić information content (AvgIpc) is 3.43. The first kappa shape index (κ1) is 38.6. The first-order valence-corrected chi connectivity index (χ1v) is 13.1. The molecule has 2 rings (SSSR count). The minimum atomic E-state index is -0.360. The van der Waals surface area contributed by atoms with Crippen LogP contribution >= 0.6 is 0 Å². The Morgan fingerprint density at radius 1 is 1.18 bits per heavy atom. The number of aromatic amines is 1. The first-order chi connectivity index (χ1) is 18.2. The van der Waals surface area contributed by atoms with E-state index in [9.17, 15) is 4.79 Å². The van der Waals surface area contributed by atoms with Crippen molar-refractivity contribution in [3.63, 3.8) is 0 Å². The highest BCUT2D eigenvalue weighted by Gasteiger charge is 2.18. The van der Waals surface area contributed by atoms with Crippen molar-refractivity contribution in [3.05, 3.63) is 77.6 Å². The van der Waals surface area contributed by atoms with E-state index in [1.54, 1.807) is 20.1 Å². The van der Waals surface area contributed by atoms with E-state index in [0.29, 0.717) is 6.42 Å². The van der Waals surface area contributed by atoms with Crippen molar-refractivity contribution in [1.82, 2.24) is 4.98 Å². The molecule has 0 aliphatic rings. The fourth-order valence-electron chi connectivity index (χ4n) is 2.73. The van der Waals surface area contributed by atoms with Gasteiger partial charge >= 0.3 is 0 Å². The zero-order valence-corrected chi connectivity index (χ0v) is 25.1. The largest absolute Gasteiger partial charge is 0.364 e. The van der Waals surface area contributed by atoms with Crippen LogP contribution in [-0.4, -0.2) is 23.7 Å². The van der Waals surface area contributed by atoms with Crippen molar-refractivity contribution >= 4 is 24.4 Å². The number of aliphatic imine (C=N–C) groups is 1. The number of H-pyrrole nitrogens is 1. The summed E-state index contributed by atoms with van der Waals surface area (Å²) in [7, 11) is 0. The number of nitriles is 1. The summed E-state index contributed by atoms with van der Waals surface area (Å²) in [6, 6.07) is 14.1. The van der Waals surface area contributed by atoms with Crippen molar-refractivity contribution in [2.45, 2.75) is 87.0 Å². The van der Waals surface area contributed by atoms with Gasteiger partial charge < -0.3 is 15.2 Å². The molecule has 2 N–H and O–H groups in total. The molecule has 0 fully saturated rings. The Balaban J connectivity index is -0.000000571. The second-order valence-corrected chi connectivity index (χ2v) is 7.86.